The van der Waals surface area contributed by atoms with Crippen molar-refractivity contribution in [3.8, 4) is 0 Å². The first kappa shape index (κ1) is 10.3. The molecule has 0 spiro atoms. The Morgan fingerprint density at radius 3 is 2.62 bits per heavy atom. The number of amides is 2. The van der Waals surface area contributed by atoms with Crippen molar-refractivity contribution >= 4 is 23.4 Å². The van der Waals surface area contributed by atoms with Crippen molar-refractivity contribution in [3.05, 3.63) is 0 Å². The van der Waals surface area contributed by atoms with Crippen LogP contribution in [0, 0.1) is 0 Å². The molecule has 1 heterocycles. The number of nitrogens with two attached hydrogens (primary N) is 1. The predicted molar refractivity (Wildman–Crippen MR) is 49.3 cm³/mol. The van der Waals surface area contributed by atoms with E-state index in [4.69, 9.17) is 17.3 Å². The molecule has 0 saturated carbocycles. The highest BCUT2D eigenvalue weighted by Crippen LogP contribution is 2.18. The average molecular weight is 205 g/mol. The number of likely N-dealkylation sites (tertiary alicyclic amines) is 1. The molecule has 0 bridgehead atoms. The second-order valence-electron chi connectivity index (χ2n) is 3.09. The largest absolute Gasteiger partial charge is 0.368 e. The first-order valence-corrected chi connectivity index (χ1v) is 4.85. The van der Waals surface area contributed by atoms with Crippen molar-refractivity contribution in [2.75, 3.05) is 12.4 Å². The van der Waals surface area contributed by atoms with Gasteiger partial charge >= 0.3 is 0 Å². The van der Waals surface area contributed by atoms with Gasteiger partial charge in [-0.2, -0.15) is 0 Å². The highest BCUT2D eigenvalue weighted by Gasteiger charge is 2.35. The van der Waals surface area contributed by atoms with Crippen molar-refractivity contribution in [2.45, 2.75) is 25.3 Å². The summed E-state index contributed by atoms with van der Waals surface area (Å²) in [4.78, 5) is 23.7. The molecule has 2 N–H and O–H groups in total. The summed E-state index contributed by atoms with van der Waals surface area (Å²) in [7, 11) is 0. The van der Waals surface area contributed by atoms with Crippen LogP contribution in [0.5, 0.6) is 0 Å². The summed E-state index contributed by atoms with van der Waals surface area (Å²) in [5.74, 6) is 0.0436. The molecule has 0 radical (unpaired) electrons. The molecule has 1 aliphatic rings. The lowest BCUT2D eigenvalue weighted by Gasteiger charge is -2.38. The smallest absolute Gasteiger partial charge is 0.240 e. The molecule has 2 amide bonds. The molecule has 74 valence electrons. The first-order valence-electron chi connectivity index (χ1n) is 4.31. The Balaban J connectivity index is 2.35. The van der Waals surface area contributed by atoms with E-state index in [1.807, 2.05) is 0 Å². The van der Waals surface area contributed by atoms with Gasteiger partial charge in [0.05, 0.1) is 0 Å². The molecule has 4 nitrogen and oxygen atoms in total. The summed E-state index contributed by atoms with van der Waals surface area (Å²) in [6, 6.07) is -0.372. The van der Waals surface area contributed by atoms with Gasteiger partial charge in [0.25, 0.3) is 0 Å². The Labute approximate surface area is 82.0 Å². The normalized spacial score (nSPS) is 21.0. The van der Waals surface area contributed by atoms with Crippen LogP contribution >= 0.6 is 11.6 Å². The Morgan fingerprint density at radius 1 is 1.54 bits per heavy atom. The number of hydrogen-bond acceptors (Lipinski definition) is 2. The highest BCUT2D eigenvalue weighted by molar-refractivity contribution is 6.17. The number of primary amides is 1. The van der Waals surface area contributed by atoms with E-state index in [1.54, 1.807) is 0 Å². The minimum Gasteiger partial charge on any atom is -0.368 e. The highest BCUT2D eigenvalue weighted by atomic mass is 35.5. The molecule has 5 heteroatoms. The number of alkyl halides is 1. The number of hydrogen-bond donors (Lipinski definition) is 1. The summed E-state index contributed by atoms with van der Waals surface area (Å²) in [6.07, 6.45) is 1.76. The van der Waals surface area contributed by atoms with Crippen LogP contribution in [0.2, 0.25) is 0 Å². The Hall–Kier alpha value is -0.770. The van der Waals surface area contributed by atoms with Crippen molar-refractivity contribution in [1.29, 1.82) is 0 Å². The van der Waals surface area contributed by atoms with Crippen LogP contribution in [0.4, 0.5) is 0 Å². The van der Waals surface area contributed by atoms with Gasteiger partial charge in [0.1, 0.15) is 6.04 Å². The van der Waals surface area contributed by atoms with Crippen LogP contribution < -0.4 is 5.73 Å². The van der Waals surface area contributed by atoms with Gasteiger partial charge < -0.3 is 10.6 Å². The van der Waals surface area contributed by atoms with E-state index in [0.717, 1.165) is 0 Å². The molecule has 1 rings (SSSR count). The van der Waals surface area contributed by atoms with Gasteiger partial charge in [-0.05, 0) is 12.8 Å². The molecule has 0 aromatic carbocycles. The molecule has 1 atom stereocenters. The number of carbonyl (C=O) groups excluding carboxylic acids is 2. The number of nitrogens with zero attached hydrogens (tertiary/aromatic N) is 1. The maximum absolute atomic E-state index is 11.4. The third-order valence-corrected chi connectivity index (χ3v) is 2.46. The van der Waals surface area contributed by atoms with Crippen molar-refractivity contribution in [3.63, 3.8) is 0 Å². The topological polar surface area (TPSA) is 63.4 Å². The molecule has 1 aliphatic heterocycles. The lowest BCUT2D eigenvalue weighted by atomic mass is 10.0. The van der Waals surface area contributed by atoms with Crippen molar-refractivity contribution in [2.24, 2.45) is 5.73 Å². The summed E-state index contributed by atoms with van der Waals surface area (Å²) in [6.45, 7) is 0.648. The molecule has 0 aromatic heterocycles. The molecular formula is C8H13ClN2O2. The molecule has 1 saturated heterocycles. The SMILES string of the molecule is NC(=O)C1CCN1C(=O)CCCCl. The second-order valence-corrected chi connectivity index (χ2v) is 3.46. The molecular weight excluding hydrogens is 192 g/mol. The van der Waals surface area contributed by atoms with Gasteiger partial charge in [0.2, 0.25) is 11.8 Å². The lowest BCUT2D eigenvalue weighted by molar-refractivity contribution is -0.146. The van der Waals surface area contributed by atoms with Gasteiger partial charge in [-0.3, -0.25) is 9.59 Å². The van der Waals surface area contributed by atoms with Crippen LogP contribution in [-0.2, 0) is 9.59 Å². The Bertz CT molecular complexity index is 220. The Morgan fingerprint density at radius 2 is 2.23 bits per heavy atom. The zero-order chi connectivity index (χ0) is 9.84. The lowest BCUT2D eigenvalue weighted by Crippen LogP contribution is -2.57. The fraction of sp³-hybridized carbons (Fsp3) is 0.750. The summed E-state index contributed by atoms with van der Waals surface area (Å²) < 4.78 is 0. The Kier molecular flexibility index (Phi) is 3.54. The van der Waals surface area contributed by atoms with Crippen molar-refractivity contribution in [1.82, 2.24) is 4.90 Å². The molecule has 1 fully saturated rings. The minimum absolute atomic E-state index is 0.0179. The van der Waals surface area contributed by atoms with E-state index in [1.165, 1.54) is 4.90 Å². The standard InChI is InChI=1S/C8H13ClN2O2/c9-4-1-2-7(12)11-5-3-6(11)8(10)13/h6H,1-5H2,(H2,10,13). The number of halogens is 1. The fourth-order valence-electron chi connectivity index (χ4n) is 1.34. The van der Waals surface area contributed by atoms with E-state index in [-0.39, 0.29) is 11.9 Å². The van der Waals surface area contributed by atoms with Gasteiger partial charge in [-0.1, -0.05) is 0 Å². The van der Waals surface area contributed by atoms with Crippen LogP contribution in [0.3, 0.4) is 0 Å². The minimum atomic E-state index is -0.412. The predicted octanol–water partition coefficient (Wildman–Crippen LogP) is 0.0916. The maximum Gasteiger partial charge on any atom is 0.240 e. The third-order valence-electron chi connectivity index (χ3n) is 2.19. The van der Waals surface area contributed by atoms with E-state index in [9.17, 15) is 9.59 Å². The quantitative estimate of drug-likeness (QED) is 0.660. The molecule has 0 aliphatic carbocycles. The van der Waals surface area contributed by atoms with Gasteiger partial charge in [0, 0.05) is 18.8 Å². The van der Waals surface area contributed by atoms with Gasteiger partial charge in [0.15, 0.2) is 0 Å². The molecule has 1 unspecified atom stereocenters. The van der Waals surface area contributed by atoms with Crippen LogP contribution in [-0.4, -0.2) is 35.2 Å². The number of rotatable bonds is 4. The summed E-state index contributed by atoms with van der Waals surface area (Å²) >= 11 is 5.45. The monoisotopic (exact) mass is 204 g/mol. The summed E-state index contributed by atoms with van der Waals surface area (Å²) in [5, 5.41) is 0. The van der Waals surface area contributed by atoms with E-state index >= 15 is 0 Å². The average Bonchev–Trinajstić information content (AvgIpc) is 1.97. The van der Waals surface area contributed by atoms with E-state index in [0.29, 0.717) is 31.7 Å². The van der Waals surface area contributed by atoms with Gasteiger partial charge in [-0.15, -0.1) is 11.6 Å². The van der Waals surface area contributed by atoms with Crippen molar-refractivity contribution < 1.29 is 9.59 Å². The maximum atomic E-state index is 11.4. The van der Waals surface area contributed by atoms with Gasteiger partial charge in [-0.25, -0.2) is 0 Å². The zero-order valence-corrected chi connectivity index (χ0v) is 8.09. The van der Waals surface area contributed by atoms with E-state index in [2.05, 4.69) is 0 Å². The first-order chi connectivity index (χ1) is 6.16. The molecule has 0 aromatic rings. The third kappa shape index (κ3) is 2.34. The number of carbonyl (C=O) groups is 2. The van der Waals surface area contributed by atoms with Crippen LogP contribution in [0.25, 0.3) is 0 Å². The van der Waals surface area contributed by atoms with Crippen LogP contribution in [0.15, 0.2) is 0 Å². The second kappa shape index (κ2) is 4.46. The molecule has 13 heavy (non-hydrogen) atoms. The van der Waals surface area contributed by atoms with Crippen LogP contribution in [0.1, 0.15) is 19.3 Å². The summed E-state index contributed by atoms with van der Waals surface area (Å²) in [5.41, 5.74) is 5.10. The zero-order valence-electron chi connectivity index (χ0n) is 7.33. The fourth-order valence-corrected chi connectivity index (χ4v) is 1.48. The van der Waals surface area contributed by atoms with E-state index < -0.39 is 5.91 Å².